The fraction of sp³-hybridized carbons (Fsp3) is 0.280. The molecule has 1 amide bonds. The van der Waals surface area contributed by atoms with Crippen LogP contribution >= 0.6 is 0 Å². The predicted molar refractivity (Wildman–Crippen MR) is 130 cm³/mol. The van der Waals surface area contributed by atoms with Crippen LogP contribution in [0.25, 0.3) is 22.2 Å². The smallest absolute Gasteiger partial charge is 0.290 e. The molecule has 0 bridgehead atoms. The molecule has 10 heteroatoms. The number of carbonyl (C=O) groups excluding carboxylic acids is 1. The van der Waals surface area contributed by atoms with Gasteiger partial charge in [-0.1, -0.05) is 24.3 Å². The van der Waals surface area contributed by atoms with Crippen LogP contribution in [0.3, 0.4) is 0 Å². The summed E-state index contributed by atoms with van der Waals surface area (Å²) in [5.41, 5.74) is 8.34. The quantitative estimate of drug-likeness (QED) is 0.392. The first-order valence-corrected chi connectivity index (χ1v) is 11.3. The number of aromatic nitrogens is 4. The first-order chi connectivity index (χ1) is 16.8. The van der Waals surface area contributed by atoms with Gasteiger partial charge in [0.2, 0.25) is 0 Å². The van der Waals surface area contributed by atoms with Crippen molar-refractivity contribution in [2.24, 2.45) is 0 Å². The minimum atomic E-state index is -0.518. The Kier molecular flexibility index (Phi) is 5.50. The number of nitrogens with one attached hydrogen (secondary N) is 2. The number of nitrogens with two attached hydrogens (primary N) is 1. The maximum Gasteiger partial charge on any atom is 0.290 e. The van der Waals surface area contributed by atoms with Gasteiger partial charge in [-0.2, -0.15) is 10.2 Å². The van der Waals surface area contributed by atoms with E-state index in [9.17, 15) is 14.0 Å². The minimum absolute atomic E-state index is 0.124. The van der Waals surface area contributed by atoms with E-state index in [2.05, 4.69) is 22.4 Å². The highest BCUT2D eigenvalue weighted by Gasteiger charge is 2.37. The summed E-state index contributed by atoms with van der Waals surface area (Å²) >= 11 is 0. The number of H-pyrrole nitrogens is 1. The van der Waals surface area contributed by atoms with Crippen LogP contribution in [0, 0.1) is 5.82 Å². The van der Waals surface area contributed by atoms with Gasteiger partial charge in [0.15, 0.2) is 5.82 Å². The first-order valence-electron chi connectivity index (χ1n) is 11.3. The van der Waals surface area contributed by atoms with E-state index in [0.717, 1.165) is 36.5 Å². The molecule has 1 aliphatic carbocycles. The lowest BCUT2D eigenvalue weighted by atomic mass is 9.78. The molecule has 5 rings (SSSR count). The number of nitrogens with zero attached hydrogens (tertiary/aromatic N) is 3. The molecule has 180 valence electrons. The highest BCUT2D eigenvalue weighted by molar-refractivity contribution is 6.00. The van der Waals surface area contributed by atoms with Crippen molar-refractivity contribution in [2.75, 3.05) is 12.8 Å². The molecule has 2 aromatic carbocycles. The number of aromatic amines is 1. The highest BCUT2D eigenvalue weighted by Crippen LogP contribution is 2.42. The molecule has 1 aliphatic rings. The second-order valence-corrected chi connectivity index (χ2v) is 9.00. The van der Waals surface area contributed by atoms with E-state index in [-0.39, 0.29) is 29.0 Å². The number of nitrogen functional groups attached to an aromatic ring is 1. The molecular formula is C25H25FN6O3. The van der Waals surface area contributed by atoms with E-state index in [1.807, 2.05) is 24.3 Å². The van der Waals surface area contributed by atoms with Gasteiger partial charge in [0, 0.05) is 12.1 Å². The number of hydrogen-bond acceptors (Lipinski definition) is 6. The SMILES string of the molecule is COc1ccc(F)cc1C(=O)NCc1ccc(-c2nn(C3(C)CCC3)c3c(=O)[nH]nc(N)c23)cc1. The summed E-state index contributed by atoms with van der Waals surface area (Å²) in [4.78, 5) is 25.2. The zero-order valence-electron chi connectivity index (χ0n) is 19.4. The average Bonchev–Trinajstić information content (AvgIpc) is 3.26. The van der Waals surface area contributed by atoms with Crippen molar-refractivity contribution in [1.82, 2.24) is 25.3 Å². The van der Waals surface area contributed by atoms with Gasteiger partial charge < -0.3 is 15.8 Å². The molecule has 0 radical (unpaired) electrons. The summed E-state index contributed by atoms with van der Waals surface area (Å²) in [6.45, 7) is 2.32. The second-order valence-electron chi connectivity index (χ2n) is 9.00. The summed E-state index contributed by atoms with van der Waals surface area (Å²) in [7, 11) is 1.43. The van der Waals surface area contributed by atoms with E-state index in [0.29, 0.717) is 22.3 Å². The fourth-order valence-corrected chi connectivity index (χ4v) is 4.50. The molecule has 0 spiro atoms. The Balaban J connectivity index is 1.42. The van der Waals surface area contributed by atoms with Gasteiger partial charge in [0.1, 0.15) is 22.8 Å². The Hall–Kier alpha value is -4.21. The third kappa shape index (κ3) is 3.90. The van der Waals surface area contributed by atoms with E-state index < -0.39 is 11.7 Å². The predicted octanol–water partition coefficient (Wildman–Crippen LogP) is 3.35. The van der Waals surface area contributed by atoms with Gasteiger partial charge in [-0.3, -0.25) is 14.3 Å². The Bertz CT molecular complexity index is 1490. The van der Waals surface area contributed by atoms with Crippen LogP contribution in [0.15, 0.2) is 47.3 Å². The van der Waals surface area contributed by atoms with Crippen molar-refractivity contribution in [3.05, 3.63) is 69.8 Å². The molecule has 1 saturated carbocycles. The van der Waals surface area contributed by atoms with Crippen LogP contribution in [-0.4, -0.2) is 33.0 Å². The lowest BCUT2D eigenvalue weighted by Crippen LogP contribution is -2.39. The van der Waals surface area contributed by atoms with E-state index >= 15 is 0 Å². The summed E-state index contributed by atoms with van der Waals surface area (Å²) < 4.78 is 20.5. The molecule has 2 heterocycles. The van der Waals surface area contributed by atoms with E-state index in [1.54, 1.807) is 4.68 Å². The van der Waals surface area contributed by atoms with Crippen LogP contribution in [0.4, 0.5) is 10.2 Å². The van der Waals surface area contributed by atoms with Crippen LogP contribution < -0.4 is 21.3 Å². The van der Waals surface area contributed by atoms with Crippen molar-refractivity contribution < 1.29 is 13.9 Å². The zero-order valence-corrected chi connectivity index (χ0v) is 19.4. The van der Waals surface area contributed by atoms with Crippen LogP contribution in [0.5, 0.6) is 5.75 Å². The maximum absolute atomic E-state index is 13.6. The second kappa shape index (κ2) is 8.53. The number of hydrogen-bond donors (Lipinski definition) is 3. The number of ether oxygens (including phenoxy) is 1. The third-order valence-electron chi connectivity index (χ3n) is 6.66. The van der Waals surface area contributed by atoms with E-state index in [1.165, 1.54) is 19.2 Å². The number of carbonyl (C=O) groups is 1. The lowest BCUT2D eigenvalue weighted by molar-refractivity contribution is 0.0947. The van der Waals surface area contributed by atoms with Crippen LogP contribution in [-0.2, 0) is 12.1 Å². The number of anilines is 1. The Morgan fingerprint density at radius 2 is 2.00 bits per heavy atom. The maximum atomic E-state index is 13.6. The minimum Gasteiger partial charge on any atom is -0.496 e. The Morgan fingerprint density at radius 3 is 2.66 bits per heavy atom. The number of benzene rings is 2. The summed E-state index contributed by atoms with van der Waals surface area (Å²) in [6.07, 6.45) is 2.94. The highest BCUT2D eigenvalue weighted by atomic mass is 19.1. The molecule has 4 N–H and O–H groups in total. The van der Waals surface area contributed by atoms with Crippen molar-refractivity contribution in [2.45, 2.75) is 38.3 Å². The van der Waals surface area contributed by atoms with Crippen molar-refractivity contribution in [3.8, 4) is 17.0 Å². The summed E-state index contributed by atoms with van der Waals surface area (Å²) in [6, 6.07) is 11.2. The van der Waals surface area contributed by atoms with Gasteiger partial charge in [0.25, 0.3) is 11.5 Å². The molecule has 35 heavy (non-hydrogen) atoms. The van der Waals surface area contributed by atoms with Gasteiger partial charge >= 0.3 is 0 Å². The molecule has 2 aromatic heterocycles. The monoisotopic (exact) mass is 476 g/mol. The molecule has 9 nitrogen and oxygen atoms in total. The van der Waals surface area contributed by atoms with Crippen molar-refractivity contribution in [3.63, 3.8) is 0 Å². The molecule has 0 atom stereocenters. The van der Waals surface area contributed by atoms with Gasteiger partial charge in [-0.25, -0.2) is 9.49 Å². The number of amides is 1. The van der Waals surface area contributed by atoms with Crippen molar-refractivity contribution in [1.29, 1.82) is 0 Å². The third-order valence-corrected chi connectivity index (χ3v) is 6.66. The number of halogens is 1. The van der Waals surface area contributed by atoms with Crippen LogP contribution in [0.1, 0.15) is 42.1 Å². The largest absolute Gasteiger partial charge is 0.496 e. The molecule has 1 fully saturated rings. The molecule has 0 unspecified atom stereocenters. The van der Waals surface area contributed by atoms with E-state index in [4.69, 9.17) is 15.6 Å². The standard InChI is InChI=1S/C25H25FN6O3/c1-25(10-3-11-25)32-21-19(22(27)29-30-24(21)34)20(31-32)15-6-4-14(5-7-15)13-28-23(33)17-12-16(26)8-9-18(17)35-2/h4-9,12H,3,10-11,13H2,1-2H3,(H2,27,29)(H,28,33)(H,30,34). The Labute approximate surface area is 200 Å². The van der Waals surface area contributed by atoms with Gasteiger partial charge in [-0.05, 0) is 49.9 Å². The Morgan fingerprint density at radius 1 is 1.26 bits per heavy atom. The van der Waals surface area contributed by atoms with Gasteiger partial charge in [0.05, 0.1) is 23.6 Å². The normalized spacial score (nSPS) is 14.5. The molecular weight excluding hydrogens is 451 g/mol. The lowest BCUT2D eigenvalue weighted by Gasteiger charge is -2.38. The topological polar surface area (TPSA) is 128 Å². The fourth-order valence-electron chi connectivity index (χ4n) is 4.50. The number of fused-ring (bicyclic) bond motifs is 1. The van der Waals surface area contributed by atoms with Crippen LogP contribution in [0.2, 0.25) is 0 Å². The molecule has 4 aromatic rings. The average molecular weight is 477 g/mol. The molecule has 0 saturated heterocycles. The number of methoxy groups -OCH3 is 1. The zero-order chi connectivity index (χ0) is 24.7. The van der Waals surface area contributed by atoms with Crippen molar-refractivity contribution >= 4 is 22.6 Å². The summed E-state index contributed by atoms with van der Waals surface area (Å²) in [5.74, 6) is -0.454. The summed E-state index contributed by atoms with van der Waals surface area (Å²) in [5, 5.41) is 14.5. The first kappa shape index (κ1) is 22.6. The van der Waals surface area contributed by atoms with Gasteiger partial charge in [-0.15, -0.1) is 0 Å². The number of rotatable bonds is 6. The molecule has 0 aliphatic heterocycles.